The Kier molecular flexibility index (Phi) is 3.14. The number of halogens is 1. The van der Waals surface area contributed by atoms with E-state index in [1.165, 1.54) is 0 Å². The number of pyridine rings is 1. The van der Waals surface area contributed by atoms with Crippen LogP contribution in [0.15, 0.2) is 24.3 Å². The first kappa shape index (κ1) is 11.4. The second kappa shape index (κ2) is 4.41. The van der Waals surface area contributed by atoms with Crippen LogP contribution in [0.4, 0.5) is 0 Å². The third-order valence-electron chi connectivity index (χ3n) is 2.59. The summed E-state index contributed by atoms with van der Waals surface area (Å²) < 4.78 is 0. The van der Waals surface area contributed by atoms with Crippen molar-refractivity contribution in [2.75, 3.05) is 0 Å². The first-order valence-electron chi connectivity index (χ1n) is 5.07. The van der Waals surface area contributed by atoms with Crippen molar-refractivity contribution in [3.05, 3.63) is 35.0 Å². The maximum atomic E-state index is 9.16. The Balaban J connectivity index is 2.75. The normalized spacial score (nSPS) is 10.8. The third kappa shape index (κ3) is 1.91. The van der Waals surface area contributed by atoms with Gasteiger partial charge >= 0.3 is 7.12 Å². The van der Waals surface area contributed by atoms with Crippen molar-refractivity contribution in [3.8, 4) is 0 Å². The number of hydrogen-bond acceptors (Lipinski definition) is 3. The van der Waals surface area contributed by atoms with Gasteiger partial charge in [0.25, 0.3) is 0 Å². The van der Waals surface area contributed by atoms with Gasteiger partial charge in [-0.2, -0.15) is 0 Å². The van der Waals surface area contributed by atoms with E-state index < -0.39 is 7.12 Å². The Morgan fingerprint density at radius 2 is 2.12 bits per heavy atom. The fraction of sp³-hybridized carbons (Fsp3) is 0.182. The molecular weight excluding hydrogens is 224 g/mol. The third-order valence-corrected chi connectivity index (χ3v) is 2.89. The molecule has 0 unspecified atom stereocenters. The Bertz CT molecular complexity index is 531. The van der Waals surface area contributed by atoms with Gasteiger partial charge in [-0.25, -0.2) is 4.98 Å². The molecule has 16 heavy (non-hydrogen) atoms. The zero-order valence-electron chi connectivity index (χ0n) is 8.81. The molecule has 0 aliphatic heterocycles. The van der Waals surface area contributed by atoms with Crippen molar-refractivity contribution in [1.29, 1.82) is 0 Å². The second-order valence-electron chi connectivity index (χ2n) is 3.58. The van der Waals surface area contributed by atoms with Gasteiger partial charge in [-0.1, -0.05) is 30.7 Å². The Hall–Kier alpha value is -1.10. The molecule has 0 atom stereocenters. The molecule has 0 bridgehead atoms. The molecule has 3 nitrogen and oxygen atoms in total. The van der Waals surface area contributed by atoms with E-state index in [2.05, 4.69) is 4.98 Å². The lowest BCUT2D eigenvalue weighted by atomic mass is 9.80. The Morgan fingerprint density at radius 3 is 2.75 bits per heavy atom. The highest BCUT2D eigenvalue weighted by molar-refractivity contribution is 6.62. The van der Waals surface area contributed by atoms with Gasteiger partial charge < -0.3 is 10.0 Å². The summed E-state index contributed by atoms with van der Waals surface area (Å²) in [6.45, 7) is 2.04. The molecule has 0 radical (unpaired) electrons. The lowest BCUT2D eigenvalue weighted by Gasteiger charge is -2.08. The lowest BCUT2D eigenvalue weighted by Crippen LogP contribution is -2.31. The van der Waals surface area contributed by atoms with E-state index in [-0.39, 0.29) is 10.6 Å². The van der Waals surface area contributed by atoms with Crippen LogP contribution < -0.4 is 5.46 Å². The largest absolute Gasteiger partial charge is 0.491 e. The highest BCUT2D eigenvalue weighted by atomic mass is 35.5. The van der Waals surface area contributed by atoms with E-state index in [1.807, 2.05) is 25.1 Å². The fourth-order valence-electron chi connectivity index (χ4n) is 1.74. The van der Waals surface area contributed by atoms with Gasteiger partial charge in [0.15, 0.2) is 0 Å². The molecule has 0 aliphatic rings. The molecule has 1 aromatic carbocycles. The molecule has 0 amide bonds. The number of nitrogens with zero attached hydrogens (tertiary/aromatic N) is 1. The number of aromatic nitrogens is 1. The first-order valence-corrected chi connectivity index (χ1v) is 5.45. The van der Waals surface area contributed by atoms with Crippen LogP contribution in [0.1, 0.15) is 12.5 Å². The monoisotopic (exact) mass is 235 g/mol. The highest BCUT2D eigenvalue weighted by Crippen LogP contribution is 2.19. The molecule has 0 saturated carbocycles. The molecule has 1 heterocycles. The van der Waals surface area contributed by atoms with Crippen LogP contribution in [-0.4, -0.2) is 22.2 Å². The summed E-state index contributed by atoms with van der Waals surface area (Å²) in [4.78, 5) is 4.15. The van der Waals surface area contributed by atoms with Gasteiger partial charge in [0.1, 0.15) is 5.15 Å². The molecule has 0 fully saturated rings. The van der Waals surface area contributed by atoms with E-state index >= 15 is 0 Å². The van der Waals surface area contributed by atoms with Crippen molar-refractivity contribution in [3.63, 3.8) is 0 Å². The average Bonchev–Trinajstić information content (AvgIpc) is 2.26. The summed E-state index contributed by atoms with van der Waals surface area (Å²) in [5, 5.41) is 19.4. The zero-order chi connectivity index (χ0) is 11.7. The fourth-order valence-corrected chi connectivity index (χ4v) is 1.98. The molecule has 0 saturated heterocycles. The number of fused-ring (bicyclic) bond motifs is 1. The molecule has 2 aromatic rings. The molecule has 0 spiro atoms. The molecule has 2 N–H and O–H groups in total. The number of aryl methyl sites for hydroxylation is 1. The molecule has 0 aliphatic carbocycles. The summed E-state index contributed by atoms with van der Waals surface area (Å²) in [5.41, 5.74) is 2.13. The quantitative estimate of drug-likeness (QED) is 0.606. The van der Waals surface area contributed by atoms with E-state index in [1.54, 1.807) is 6.07 Å². The lowest BCUT2D eigenvalue weighted by molar-refractivity contribution is 0.425. The standard InChI is InChI=1S/C11H11BClNO2/c1-2-7-4-3-5-10-8(7)6-9(12(15)16)11(13)14-10/h3-6,15-16H,2H2,1H3. The van der Waals surface area contributed by atoms with Crippen molar-refractivity contribution < 1.29 is 10.0 Å². The molecule has 1 aromatic heterocycles. The SMILES string of the molecule is CCc1cccc2nc(Cl)c(B(O)O)cc12. The van der Waals surface area contributed by atoms with Gasteiger partial charge in [-0.15, -0.1) is 0 Å². The van der Waals surface area contributed by atoms with Crippen molar-refractivity contribution in [2.45, 2.75) is 13.3 Å². The van der Waals surface area contributed by atoms with Crippen molar-refractivity contribution >= 4 is 35.1 Å². The van der Waals surface area contributed by atoms with Crippen LogP contribution in [0.25, 0.3) is 10.9 Å². The van der Waals surface area contributed by atoms with E-state index in [9.17, 15) is 0 Å². The van der Waals surface area contributed by atoms with Gasteiger partial charge in [-0.05, 0) is 24.1 Å². The summed E-state index contributed by atoms with van der Waals surface area (Å²) in [7, 11) is -1.59. The minimum Gasteiger partial charge on any atom is -0.423 e. The molecule has 2 rings (SSSR count). The maximum absolute atomic E-state index is 9.16. The van der Waals surface area contributed by atoms with Crippen LogP contribution in [0.5, 0.6) is 0 Å². The van der Waals surface area contributed by atoms with Gasteiger partial charge in [0, 0.05) is 10.8 Å². The molecule has 5 heteroatoms. The van der Waals surface area contributed by atoms with Crippen LogP contribution in [0, 0.1) is 0 Å². The van der Waals surface area contributed by atoms with E-state index in [0.29, 0.717) is 0 Å². The van der Waals surface area contributed by atoms with E-state index in [0.717, 1.165) is 22.9 Å². The van der Waals surface area contributed by atoms with E-state index in [4.69, 9.17) is 21.6 Å². The molecular formula is C11H11BClNO2. The van der Waals surface area contributed by atoms with Crippen molar-refractivity contribution in [2.24, 2.45) is 0 Å². The highest BCUT2D eigenvalue weighted by Gasteiger charge is 2.17. The molecule has 82 valence electrons. The Morgan fingerprint density at radius 1 is 1.38 bits per heavy atom. The summed E-state index contributed by atoms with van der Waals surface area (Å²) in [5.74, 6) is 0. The second-order valence-corrected chi connectivity index (χ2v) is 3.94. The summed E-state index contributed by atoms with van der Waals surface area (Å²) in [6.07, 6.45) is 0.863. The zero-order valence-corrected chi connectivity index (χ0v) is 9.57. The van der Waals surface area contributed by atoms with Crippen LogP contribution in [-0.2, 0) is 6.42 Å². The summed E-state index contributed by atoms with van der Waals surface area (Å²) in [6, 6.07) is 7.45. The number of benzene rings is 1. The van der Waals surface area contributed by atoms with Crippen LogP contribution >= 0.6 is 11.6 Å². The van der Waals surface area contributed by atoms with Gasteiger partial charge in [0.2, 0.25) is 0 Å². The van der Waals surface area contributed by atoms with Crippen molar-refractivity contribution in [1.82, 2.24) is 4.98 Å². The Labute approximate surface area is 98.8 Å². The topological polar surface area (TPSA) is 53.4 Å². The van der Waals surface area contributed by atoms with Gasteiger partial charge in [0.05, 0.1) is 5.52 Å². The predicted molar refractivity (Wildman–Crippen MR) is 66.0 cm³/mol. The minimum atomic E-state index is -1.59. The van der Waals surface area contributed by atoms with Gasteiger partial charge in [-0.3, -0.25) is 0 Å². The summed E-state index contributed by atoms with van der Waals surface area (Å²) >= 11 is 5.86. The van der Waals surface area contributed by atoms with Crippen LogP contribution in [0.3, 0.4) is 0 Å². The minimum absolute atomic E-state index is 0.135. The number of hydrogen-bond donors (Lipinski definition) is 2. The first-order chi connectivity index (χ1) is 7.63. The van der Waals surface area contributed by atoms with Crippen LogP contribution in [0.2, 0.25) is 5.15 Å². The smallest absolute Gasteiger partial charge is 0.423 e. The predicted octanol–water partition coefficient (Wildman–Crippen LogP) is 1.13. The maximum Gasteiger partial charge on any atom is 0.491 e. The average molecular weight is 235 g/mol. The number of rotatable bonds is 2.